The lowest BCUT2D eigenvalue weighted by atomic mass is 9.99. The molecule has 2 amide bonds. The number of aromatic nitrogens is 2. The number of carboxylic acid groups (broad SMARTS) is 1. The van der Waals surface area contributed by atoms with Crippen LogP contribution in [0.5, 0.6) is 5.75 Å². The number of carbonyl (C=O) groups is 2. The summed E-state index contributed by atoms with van der Waals surface area (Å²) in [4.78, 5) is 28.5. The van der Waals surface area contributed by atoms with E-state index in [0.717, 1.165) is 12.1 Å². The zero-order chi connectivity index (χ0) is 25.0. The summed E-state index contributed by atoms with van der Waals surface area (Å²) in [5.41, 5.74) is -0.0436. The molecule has 0 aliphatic carbocycles. The van der Waals surface area contributed by atoms with Crippen LogP contribution in [0.4, 0.5) is 13.6 Å². The first-order valence-electron chi connectivity index (χ1n) is 10.6. The number of hydrogen-bond acceptors (Lipinski definition) is 5. The molecule has 182 valence electrons. The second kappa shape index (κ2) is 10.0. The number of amides is 2. The first-order valence-corrected chi connectivity index (χ1v) is 10.6. The second-order valence-electron chi connectivity index (χ2n) is 8.13. The highest BCUT2D eigenvalue weighted by Gasteiger charge is 2.27. The van der Waals surface area contributed by atoms with Crippen LogP contribution in [0.1, 0.15) is 47.6 Å². The molecule has 4 N–H and O–H groups in total. The average Bonchev–Trinajstić information content (AvgIpc) is 3.12. The van der Waals surface area contributed by atoms with Crippen molar-refractivity contribution in [3.05, 3.63) is 64.6 Å². The maximum absolute atomic E-state index is 14.0. The predicted octanol–water partition coefficient (Wildman–Crippen LogP) is 3.16. The molecule has 0 radical (unpaired) electrons. The van der Waals surface area contributed by atoms with Crippen LogP contribution in [-0.4, -0.2) is 43.7 Å². The van der Waals surface area contributed by atoms with E-state index in [9.17, 15) is 23.5 Å². The number of rotatable bonds is 9. The number of aliphatic hydroxyl groups excluding tert-OH is 1. The van der Waals surface area contributed by atoms with Gasteiger partial charge in [-0.1, -0.05) is 13.0 Å². The summed E-state index contributed by atoms with van der Waals surface area (Å²) in [5, 5.41) is 23.8. The topological polar surface area (TPSA) is 125 Å². The molecular weight excluding hydrogens is 450 g/mol. The maximum atomic E-state index is 14.0. The van der Waals surface area contributed by atoms with E-state index in [0.29, 0.717) is 17.7 Å². The smallest absolute Gasteiger partial charge is 0.405 e. The van der Waals surface area contributed by atoms with Crippen molar-refractivity contribution in [1.29, 1.82) is 0 Å². The number of aliphatic hydroxyl groups is 1. The lowest BCUT2D eigenvalue weighted by molar-refractivity contribution is 0.0930. The zero-order valence-corrected chi connectivity index (χ0v) is 19.0. The quantitative estimate of drug-likeness (QED) is 0.376. The summed E-state index contributed by atoms with van der Waals surface area (Å²) >= 11 is 0. The molecule has 0 saturated heterocycles. The van der Waals surface area contributed by atoms with Gasteiger partial charge in [0, 0.05) is 12.7 Å². The Labute approximate surface area is 194 Å². The molecule has 1 unspecified atom stereocenters. The van der Waals surface area contributed by atoms with Gasteiger partial charge in [0.2, 0.25) is 0 Å². The first-order chi connectivity index (χ1) is 16.1. The monoisotopic (exact) mass is 476 g/mol. The van der Waals surface area contributed by atoms with E-state index >= 15 is 0 Å². The Kier molecular flexibility index (Phi) is 7.35. The molecule has 3 rings (SSSR count). The van der Waals surface area contributed by atoms with Crippen LogP contribution in [0.25, 0.3) is 5.65 Å². The van der Waals surface area contributed by atoms with E-state index in [-0.39, 0.29) is 35.8 Å². The Balaban J connectivity index is 1.93. The SMILES string of the molecule is CCC(C)(CNC(=O)c1c(C)nc2c(OCc3c(F)cccc3F)cc(CO)cn12)NC(=O)O. The van der Waals surface area contributed by atoms with Gasteiger partial charge in [-0.3, -0.25) is 9.20 Å². The number of imidazole rings is 1. The molecule has 9 nitrogen and oxygen atoms in total. The number of fused-ring (bicyclic) bond motifs is 1. The van der Waals surface area contributed by atoms with Crippen molar-refractivity contribution in [2.24, 2.45) is 0 Å². The van der Waals surface area contributed by atoms with E-state index in [1.54, 1.807) is 20.8 Å². The van der Waals surface area contributed by atoms with Gasteiger partial charge in [-0.15, -0.1) is 0 Å². The van der Waals surface area contributed by atoms with Crippen molar-refractivity contribution in [1.82, 2.24) is 20.0 Å². The lowest BCUT2D eigenvalue weighted by Crippen LogP contribution is -2.52. The van der Waals surface area contributed by atoms with Gasteiger partial charge >= 0.3 is 6.09 Å². The van der Waals surface area contributed by atoms with Crippen molar-refractivity contribution in [2.45, 2.75) is 45.9 Å². The number of aryl methyl sites for hydroxylation is 1. The molecule has 0 bridgehead atoms. The Morgan fingerprint density at radius 1 is 1.26 bits per heavy atom. The number of ether oxygens (including phenoxy) is 1. The number of benzene rings is 1. The van der Waals surface area contributed by atoms with E-state index in [1.165, 1.54) is 22.7 Å². The number of nitrogens with one attached hydrogen (secondary N) is 2. The van der Waals surface area contributed by atoms with Gasteiger partial charge < -0.3 is 25.6 Å². The van der Waals surface area contributed by atoms with Crippen molar-refractivity contribution < 1.29 is 33.3 Å². The fourth-order valence-electron chi connectivity index (χ4n) is 3.44. The highest BCUT2D eigenvalue weighted by atomic mass is 19.1. The second-order valence-corrected chi connectivity index (χ2v) is 8.13. The molecule has 0 saturated carbocycles. The van der Waals surface area contributed by atoms with Crippen LogP contribution in [0.15, 0.2) is 30.5 Å². The normalized spacial score (nSPS) is 12.9. The number of pyridine rings is 1. The van der Waals surface area contributed by atoms with Crippen molar-refractivity contribution in [3.63, 3.8) is 0 Å². The molecule has 0 aliphatic rings. The van der Waals surface area contributed by atoms with Gasteiger partial charge in [-0.25, -0.2) is 18.6 Å². The highest BCUT2D eigenvalue weighted by molar-refractivity contribution is 5.95. The summed E-state index contributed by atoms with van der Waals surface area (Å²) < 4.78 is 35.1. The Morgan fingerprint density at radius 2 is 1.94 bits per heavy atom. The Bertz CT molecular complexity index is 1210. The Hall–Kier alpha value is -3.73. The third-order valence-corrected chi connectivity index (χ3v) is 5.58. The largest absolute Gasteiger partial charge is 0.485 e. The van der Waals surface area contributed by atoms with E-state index in [2.05, 4.69) is 15.6 Å². The van der Waals surface area contributed by atoms with Gasteiger partial charge in [-0.05, 0) is 44.0 Å². The third-order valence-electron chi connectivity index (χ3n) is 5.58. The number of hydrogen-bond donors (Lipinski definition) is 4. The molecular formula is C23H26F2N4O5. The minimum Gasteiger partial charge on any atom is -0.485 e. The summed E-state index contributed by atoms with van der Waals surface area (Å²) in [6.07, 6.45) is 0.741. The first kappa shape index (κ1) is 24.9. The third kappa shape index (κ3) is 5.25. The molecule has 3 aromatic rings. The van der Waals surface area contributed by atoms with Crippen LogP contribution in [0, 0.1) is 18.6 Å². The van der Waals surface area contributed by atoms with Crippen molar-refractivity contribution in [3.8, 4) is 5.75 Å². The fourth-order valence-corrected chi connectivity index (χ4v) is 3.44. The van der Waals surface area contributed by atoms with Gasteiger partial charge in [0.1, 0.15) is 23.9 Å². The summed E-state index contributed by atoms with van der Waals surface area (Å²) in [7, 11) is 0. The zero-order valence-electron chi connectivity index (χ0n) is 19.0. The predicted molar refractivity (Wildman–Crippen MR) is 119 cm³/mol. The number of nitrogens with zero attached hydrogens (tertiary/aromatic N) is 2. The summed E-state index contributed by atoms with van der Waals surface area (Å²) in [6, 6.07) is 4.96. The van der Waals surface area contributed by atoms with Crippen molar-refractivity contribution >= 4 is 17.6 Å². The summed E-state index contributed by atoms with van der Waals surface area (Å²) in [6.45, 7) is 4.28. The molecule has 0 fully saturated rings. The van der Waals surface area contributed by atoms with E-state index in [1.807, 2.05) is 0 Å². The molecule has 1 atom stereocenters. The van der Waals surface area contributed by atoms with Crippen LogP contribution < -0.4 is 15.4 Å². The van der Waals surface area contributed by atoms with Gasteiger partial charge in [0.25, 0.3) is 5.91 Å². The van der Waals surface area contributed by atoms with Crippen LogP contribution in [0.3, 0.4) is 0 Å². The number of carbonyl (C=O) groups excluding carboxylic acids is 1. The highest BCUT2D eigenvalue weighted by Crippen LogP contribution is 2.26. The van der Waals surface area contributed by atoms with Crippen LogP contribution >= 0.6 is 0 Å². The molecule has 0 spiro atoms. The van der Waals surface area contributed by atoms with Gasteiger partial charge in [0.15, 0.2) is 11.4 Å². The molecule has 1 aromatic carbocycles. The minimum absolute atomic E-state index is 0.0247. The van der Waals surface area contributed by atoms with Crippen LogP contribution in [-0.2, 0) is 13.2 Å². The van der Waals surface area contributed by atoms with Crippen molar-refractivity contribution in [2.75, 3.05) is 6.54 Å². The van der Waals surface area contributed by atoms with E-state index < -0.39 is 35.8 Å². The lowest BCUT2D eigenvalue weighted by Gasteiger charge is -2.28. The molecule has 11 heteroatoms. The molecule has 2 heterocycles. The molecule has 2 aromatic heterocycles. The molecule has 34 heavy (non-hydrogen) atoms. The Morgan fingerprint density at radius 3 is 2.53 bits per heavy atom. The standard InChI is InChI=1S/C23H26F2N4O5/c1-4-23(3,28-22(32)33)12-26-21(31)19-13(2)27-20-18(8-14(10-30)9-29(19)20)34-11-15-16(24)6-5-7-17(15)25/h5-9,28,30H,4,10-12H2,1-3H3,(H,26,31)(H,32,33). The maximum Gasteiger partial charge on any atom is 0.405 e. The average molecular weight is 476 g/mol. The van der Waals surface area contributed by atoms with Gasteiger partial charge in [-0.2, -0.15) is 0 Å². The fraction of sp³-hybridized carbons (Fsp3) is 0.348. The van der Waals surface area contributed by atoms with Crippen LogP contribution in [0.2, 0.25) is 0 Å². The van der Waals surface area contributed by atoms with Gasteiger partial charge in [0.05, 0.1) is 23.4 Å². The summed E-state index contributed by atoms with van der Waals surface area (Å²) in [5.74, 6) is -1.91. The molecule has 0 aliphatic heterocycles. The minimum atomic E-state index is -1.20. The van der Waals surface area contributed by atoms with E-state index in [4.69, 9.17) is 9.84 Å². The number of halogens is 2.